The zero-order chi connectivity index (χ0) is 15.9. The normalized spacial score (nSPS) is 10.5. The lowest BCUT2D eigenvalue weighted by atomic mass is 10.2. The van der Waals surface area contributed by atoms with Crippen molar-refractivity contribution in [2.75, 3.05) is 6.54 Å². The molecule has 0 heterocycles. The highest BCUT2D eigenvalue weighted by Gasteiger charge is 2.06. The van der Waals surface area contributed by atoms with Gasteiger partial charge in [0.05, 0.1) is 6.54 Å². The number of hydrogen-bond acceptors (Lipinski definition) is 3. The summed E-state index contributed by atoms with van der Waals surface area (Å²) >= 11 is 9.26. The van der Waals surface area contributed by atoms with Crippen LogP contribution in [0.3, 0.4) is 0 Å². The monoisotopic (exact) mass is 383 g/mol. The number of carboxylic acid groups (broad SMARTS) is 1. The third-order valence-corrected chi connectivity index (χ3v) is 3.67. The molecule has 116 valence electrons. The molecular weight excluding hydrogens is 370 g/mol. The van der Waals surface area contributed by atoms with Crippen molar-refractivity contribution >= 4 is 33.5 Å². The van der Waals surface area contributed by atoms with Crippen molar-refractivity contribution in [3.63, 3.8) is 0 Å². The fraction of sp³-hybridized carbons (Fsp3) is 0.188. The summed E-state index contributed by atoms with van der Waals surface area (Å²) in [6.45, 7) is 0.746. The molecule has 0 saturated carbocycles. The molecule has 0 saturated heterocycles. The maximum absolute atomic E-state index is 10.6. The molecule has 6 heteroatoms. The van der Waals surface area contributed by atoms with E-state index >= 15 is 0 Å². The number of ether oxygens (including phenoxy) is 1. The molecule has 0 amide bonds. The summed E-state index contributed by atoms with van der Waals surface area (Å²) in [7, 11) is 0. The highest BCUT2D eigenvalue weighted by Crippen LogP contribution is 2.24. The maximum atomic E-state index is 10.6. The van der Waals surface area contributed by atoms with Crippen LogP contribution in [0, 0.1) is 0 Å². The number of hydrogen-bond donors (Lipinski definition) is 2. The number of aliphatic carboxylic acids is 1. The van der Waals surface area contributed by atoms with Crippen LogP contribution in [0.25, 0.3) is 0 Å². The lowest BCUT2D eigenvalue weighted by Crippen LogP contribution is -2.22. The molecule has 0 bridgehead atoms. The molecule has 0 unspecified atom stereocenters. The molecule has 2 N–H and O–H groups in total. The van der Waals surface area contributed by atoms with Gasteiger partial charge in [0, 0.05) is 21.6 Å². The average Bonchev–Trinajstić information content (AvgIpc) is 2.48. The Balaban J connectivity index is 2.02. The fourth-order valence-electron chi connectivity index (χ4n) is 1.87. The summed E-state index contributed by atoms with van der Waals surface area (Å²) in [5.41, 5.74) is 1.90. The van der Waals surface area contributed by atoms with E-state index in [4.69, 9.17) is 21.4 Å². The number of carboxylic acids is 1. The second kappa shape index (κ2) is 8.17. The molecule has 0 aliphatic rings. The molecule has 0 aromatic heterocycles. The Labute approximate surface area is 142 Å². The van der Waals surface area contributed by atoms with Crippen LogP contribution in [0.5, 0.6) is 5.75 Å². The second-order valence-corrected chi connectivity index (χ2v) is 6.02. The Hall–Kier alpha value is -1.56. The summed E-state index contributed by atoms with van der Waals surface area (Å²) in [5, 5.41) is 12.2. The van der Waals surface area contributed by atoms with Gasteiger partial charge in [-0.3, -0.25) is 4.79 Å². The van der Waals surface area contributed by atoms with Crippen molar-refractivity contribution < 1.29 is 14.6 Å². The van der Waals surface area contributed by atoms with Crippen LogP contribution in [-0.2, 0) is 17.9 Å². The van der Waals surface area contributed by atoms with E-state index in [0.717, 1.165) is 21.3 Å². The largest absolute Gasteiger partial charge is 0.489 e. The van der Waals surface area contributed by atoms with Crippen LogP contribution in [0.15, 0.2) is 46.9 Å². The summed E-state index contributed by atoms with van der Waals surface area (Å²) < 4.78 is 6.74. The van der Waals surface area contributed by atoms with Crippen LogP contribution in [0.1, 0.15) is 11.1 Å². The van der Waals surface area contributed by atoms with E-state index in [1.807, 2.05) is 42.5 Å². The van der Waals surface area contributed by atoms with E-state index in [2.05, 4.69) is 21.2 Å². The second-order valence-electron chi connectivity index (χ2n) is 4.66. The molecule has 0 aliphatic carbocycles. The molecule has 2 aromatic carbocycles. The molecule has 0 aliphatic heterocycles. The van der Waals surface area contributed by atoms with Gasteiger partial charge < -0.3 is 15.2 Å². The van der Waals surface area contributed by atoms with Gasteiger partial charge in [0.15, 0.2) is 0 Å². The SMILES string of the molecule is O=C(O)CNCc1cc(Br)ccc1OCc1ccc(Cl)cc1. The first-order valence-electron chi connectivity index (χ1n) is 6.63. The smallest absolute Gasteiger partial charge is 0.317 e. The Morgan fingerprint density at radius 2 is 1.95 bits per heavy atom. The van der Waals surface area contributed by atoms with E-state index in [9.17, 15) is 4.79 Å². The Morgan fingerprint density at radius 3 is 2.64 bits per heavy atom. The molecule has 0 atom stereocenters. The first kappa shape index (κ1) is 16.8. The van der Waals surface area contributed by atoms with Gasteiger partial charge >= 0.3 is 5.97 Å². The third kappa shape index (κ3) is 5.33. The zero-order valence-corrected chi connectivity index (χ0v) is 14.0. The lowest BCUT2D eigenvalue weighted by Gasteiger charge is -2.12. The summed E-state index contributed by atoms with van der Waals surface area (Å²) in [6.07, 6.45) is 0. The summed E-state index contributed by atoms with van der Waals surface area (Å²) in [4.78, 5) is 10.6. The topological polar surface area (TPSA) is 58.6 Å². The highest BCUT2D eigenvalue weighted by atomic mass is 79.9. The number of benzene rings is 2. The van der Waals surface area contributed by atoms with Crippen LogP contribution in [-0.4, -0.2) is 17.6 Å². The van der Waals surface area contributed by atoms with Crippen molar-refractivity contribution in [3.8, 4) is 5.75 Å². The highest BCUT2D eigenvalue weighted by molar-refractivity contribution is 9.10. The molecule has 4 nitrogen and oxygen atoms in total. The Bertz CT molecular complexity index is 646. The van der Waals surface area contributed by atoms with Crippen LogP contribution < -0.4 is 10.1 Å². The number of carbonyl (C=O) groups is 1. The van der Waals surface area contributed by atoms with Gasteiger partial charge in [-0.25, -0.2) is 0 Å². The van der Waals surface area contributed by atoms with Crippen LogP contribution in [0.4, 0.5) is 0 Å². The van der Waals surface area contributed by atoms with Gasteiger partial charge in [-0.05, 0) is 35.9 Å². The van der Waals surface area contributed by atoms with E-state index in [-0.39, 0.29) is 6.54 Å². The van der Waals surface area contributed by atoms with Gasteiger partial charge in [-0.1, -0.05) is 39.7 Å². The standard InChI is InChI=1S/C16H15BrClNO3/c17-13-3-6-15(12(7-13)8-19-9-16(20)21)22-10-11-1-4-14(18)5-2-11/h1-7,19H,8-10H2,(H,20,21). The Kier molecular flexibility index (Phi) is 6.24. The first-order chi connectivity index (χ1) is 10.5. The van der Waals surface area contributed by atoms with Crippen molar-refractivity contribution in [3.05, 3.63) is 63.1 Å². The van der Waals surface area contributed by atoms with Gasteiger partial charge in [-0.2, -0.15) is 0 Å². The van der Waals surface area contributed by atoms with E-state index in [0.29, 0.717) is 18.2 Å². The van der Waals surface area contributed by atoms with Crippen LogP contribution >= 0.6 is 27.5 Å². The zero-order valence-electron chi connectivity index (χ0n) is 11.7. The van der Waals surface area contributed by atoms with Crippen molar-refractivity contribution in [2.24, 2.45) is 0 Å². The predicted octanol–water partition coefficient (Wildman–Crippen LogP) is 3.86. The minimum absolute atomic E-state index is 0.0941. The van der Waals surface area contributed by atoms with Crippen molar-refractivity contribution in [2.45, 2.75) is 13.2 Å². The van der Waals surface area contributed by atoms with Gasteiger partial charge in [-0.15, -0.1) is 0 Å². The first-order valence-corrected chi connectivity index (χ1v) is 7.80. The number of rotatable bonds is 7. The lowest BCUT2D eigenvalue weighted by molar-refractivity contribution is -0.136. The summed E-state index contributed by atoms with van der Waals surface area (Å²) in [5.74, 6) is -0.172. The molecule has 2 rings (SSSR count). The number of halogens is 2. The van der Waals surface area contributed by atoms with Gasteiger partial charge in [0.2, 0.25) is 0 Å². The molecule has 0 radical (unpaired) electrons. The molecule has 2 aromatic rings. The van der Waals surface area contributed by atoms with Crippen molar-refractivity contribution in [1.29, 1.82) is 0 Å². The molecule has 0 fully saturated rings. The quantitative estimate of drug-likeness (QED) is 0.761. The minimum Gasteiger partial charge on any atom is -0.489 e. The maximum Gasteiger partial charge on any atom is 0.317 e. The summed E-state index contributed by atoms with van der Waals surface area (Å²) in [6, 6.07) is 13.1. The third-order valence-electron chi connectivity index (χ3n) is 2.92. The van der Waals surface area contributed by atoms with Gasteiger partial charge in [0.25, 0.3) is 0 Å². The Morgan fingerprint density at radius 1 is 1.23 bits per heavy atom. The van der Waals surface area contributed by atoms with E-state index in [1.165, 1.54) is 0 Å². The minimum atomic E-state index is -0.890. The molecular formula is C16H15BrClNO3. The predicted molar refractivity (Wildman–Crippen MR) is 89.3 cm³/mol. The average molecular weight is 385 g/mol. The number of nitrogens with one attached hydrogen (secondary N) is 1. The van der Waals surface area contributed by atoms with Crippen molar-refractivity contribution in [1.82, 2.24) is 5.32 Å². The van der Waals surface area contributed by atoms with E-state index in [1.54, 1.807) is 0 Å². The fourth-order valence-corrected chi connectivity index (χ4v) is 2.41. The van der Waals surface area contributed by atoms with Gasteiger partial charge in [0.1, 0.15) is 12.4 Å². The van der Waals surface area contributed by atoms with Crippen LogP contribution in [0.2, 0.25) is 5.02 Å². The molecule has 0 spiro atoms. The molecule has 22 heavy (non-hydrogen) atoms. The van der Waals surface area contributed by atoms with E-state index < -0.39 is 5.97 Å².